The molecule has 42 heavy (non-hydrogen) atoms. The molecule has 6 nitrogen and oxygen atoms in total. The molecule has 1 aliphatic heterocycles. The van der Waals surface area contributed by atoms with Gasteiger partial charge in [-0.15, -0.1) is 0 Å². The average Bonchev–Trinajstić information content (AvgIpc) is 2.91. The fraction of sp³-hybridized carbons (Fsp3) is 0.778. The average molecular weight is 591 g/mol. The Kier molecular flexibility index (Phi) is 16.8. The molecule has 1 heterocycles. The number of ether oxygens (including phenoxy) is 3. The summed E-state index contributed by atoms with van der Waals surface area (Å²) in [5.74, 6) is 2.95. The first-order valence-electron chi connectivity index (χ1n) is 16.2. The number of hydrogen-bond donors (Lipinski definition) is 1. The summed E-state index contributed by atoms with van der Waals surface area (Å²) >= 11 is 0. The van der Waals surface area contributed by atoms with Crippen LogP contribution in [0.5, 0.6) is 11.5 Å². The van der Waals surface area contributed by atoms with E-state index < -0.39 is 11.9 Å². The van der Waals surface area contributed by atoms with Gasteiger partial charge < -0.3 is 19.3 Å². The Morgan fingerprint density at radius 3 is 2.02 bits per heavy atom. The van der Waals surface area contributed by atoms with Gasteiger partial charge in [-0.05, 0) is 87.8 Å². The van der Waals surface area contributed by atoms with Crippen LogP contribution in [0.25, 0.3) is 0 Å². The number of aliphatic hydroxyl groups excluding tert-OH is 1. The van der Waals surface area contributed by atoms with Crippen molar-refractivity contribution in [2.24, 2.45) is 17.8 Å². The summed E-state index contributed by atoms with van der Waals surface area (Å²) < 4.78 is 17.3. The number of carbonyl (C=O) groups excluding carboxylic acids is 2. The zero-order valence-corrected chi connectivity index (χ0v) is 27.3. The molecule has 0 saturated carbocycles. The molecule has 1 aromatic carbocycles. The summed E-state index contributed by atoms with van der Waals surface area (Å²) in [6, 6.07) is 0. The second-order valence-electron chi connectivity index (χ2n) is 13.3. The number of rotatable bonds is 18. The lowest BCUT2D eigenvalue weighted by Gasteiger charge is -2.38. The van der Waals surface area contributed by atoms with Crippen molar-refractivity contribution in [1.29, 1.82) is 0 Å². The quantitative estimate of drug-likeness (QED) is 0.136. The van der Waals surface area contributed by atoms with Gasteiger partial charge >= 0.3 is 11.9 Å². The highest BCUT2D eigenvalue weighted by Gasteiger charge is 2.34. The monoisotopic (exact) mass is 590 g/mol. The Morgan fingerprint density at radius 2 is 1.43 bits per heavy atom. The number of benzene rings is 1. The van der Waals surface area contributed by atoms with Gasteiger partial charge in [0.05, 0.1) is 19.4 Å². The SMILES string of the molecule is C.Cc1c(C)c2c(c(C)c1OC(=O)CCC(=O)OCCO)CCC(C)(CCCC(C)CCCC(C)CCCC(C)C)O2. The Bertz CT molecular complexity index is 984. The van der Waals surface area contributed by atoms with E-state index in [1.54, 1.807) is 0 Å². The highest BCUT2D eigenvalue weighted by molar-refractivity contribution is 5.80. The van der Waals surface area contributed by atoms with Gasteiger partial charge in [0.1, 0.15) is 23.7 Å². The molecule has 0 aliphatic carbocycles. The zero-order chi connectivity index (χ0) is 30.6. The maximum absolute atomic E-state index is 12.5. The van der Waals surface area contributed by atoms with Crippen molar-refractivity contribution in [2.45, 2.75) is 152 Å². The van der Waals surface area contributed by atoms with E-state index in [-0.39, 0.29) is 39.1 Å². The van der Waals surface area contributed by atoms with Crippen molar-refractivity contribution >= 4 is 11.9 Å². The molecule has 0 fully saturated rings. The largest absolute Gasteiger partial charge is 0.487 e. The van der Waals surface area contributed by atoms with Crippen molar-refractivity contribution in [3.05, 3.63) is 22.3 Å². The summed E-state index contributed by atoms with van der Waals surface area (Å²) in [7, 11) is 0. The van der Waals surface area contributed by atoms with E-state index in [0.717, 1.165) is 65.0 Å². The van der Waals surface area contributed by atoms with Crippen molar-refractivity contribution < 1.29 is 28.9 Å². The standard InChI is InChI=1S/C35H58O6.CH4/c1-24(2)12-9-13-25(3)14-10-15-26(4)16-11-20-35(8)21-19-30-29(7)33(27(5)28(6)34(30)41-35)40-32(38)18-17-31(37)39-23-22-36;/h24-26,36H,9-23H2,1-8H3;1H4. The molecule has 0 saturated heterocycles. The van der Waals surface area contributed by atoms with Crippen molar-refractivity contribution in [3.63, 3.8) is 0 Å². The molecule has 6 heteroatoms. The van der Waals surface area contributed by atoms with Crippen LogP contribution in [0.3, 0.4) is 0 Å². The van der Waals surface area contributed by atoms with Crippen LogP contribution >= 0.6 is 0 Å². The molecule has 242 valence electrons. The van der Waals surface area contributed by atoms with Gasteiger partial charge in [0, 0.05) is 5.56 Å². The molecule has 0 amide bonds. The Morgan fingerprint density at radius 1 is 0.857 bits per heavy atom. The third-order valence-corrected chi connectivity index (χ3v) is 8.94. The Balaban J connectivity index is 0.00000882. The predicted octanol–water partition coefficient (Wildman–Crippen LogP) is 8.99. The summed E-state index contributed by atoms with van der Waals surface area (Å²) in [6.45, 7) is 17.4. The van der Waals surface area contributed by atoms with Gasteiger partial charge in [-0.3, -0.25) is 9.59 Å². The highest BCUT2D eigenvalue weighted by atomic mass is 16.5. The van der Waals surface area contributed by atoms with E-state index in [1.165, 1.54) is 51.4 Å². The van der Waals surface area contributed by atoms with Crippen LogP contribution in [0.4, 0.5) is 0 Å². The van der Waals surface area contributed by atoms with Crippen LogP contribution < -0.4 is 9.47 Å². The summed E-state index contributed by atoms with van der Waals surface area (Å²) in [5, 5.41) is 8.76. The lowest BCUT2D eigenvalue weighted by atomic mass is 9.83. The zero-order valence-electron chi connectivity index (χ0n) is 27.3. The van der Waals surface area contributed by atoms with Crippen LogP contribution in [0, 0.1) is 38.5 Å². The molecule has 3 unspecified atom stereocenters. The third kappa shape index (κ3) is 12.3. The molecule has 0 bridgehead atoms. The maximum Gasteiger partial charge on any atom is 0.311 e. The maximum atomic E-state index is 12.5. The topological polar surface area (TPSA) is 82.1 Å². The van der Waals surface area contributed by atoms with Crippen molar-refractivity contribution in [3.8, 4) is 11.5 Å². The number of carbonyl (C=O) groups is 2. The predicted molar refractivity (Wildman–Crippen MR) is 172 cm³/mol. The van der Waals surface area contributed by atoms with Gasteiger partial charge in [0.15, 0.2) is 0 Å². The van der Waals surface area contributed by atoms with Gasteiger partial charge in [-0.25, -0.2) is 0 Å². The van der Waals surface area contributed by atoms with Crippen LogP contribution in [0.2, 0.25) is 0 Å². The molecule has 2 rings (SSSR count). The summed E-state index contributed by atoms with van der Waals surface area (Å²) in [5.41, 5.74) is 3.78. The first kappa shape index (κ1) is 37.9. The molecule has 3 atom stereocenters. The van der Waals surface area contributed by atoms with E-state index in [4.69, 9.17) is 19.3 Å². The first-order chi connectivity index (χ1) is 19.4. The van der Waals surface area contributed by atoms with Crippen molar-refractivity contribution in [1.82, 2.24) is 0 Å². The van der Waals surface area contributed by atoms with Gasteiger partial charge in [-0.2, -0.15) is 0 Å². The van der Waals surface area contributed by atoms with Crippen LogP contribution in [-0.4, -0.2) is 35.9 Å². The minimum atomic E-state index is -0.518. The van der Waals surface area contributed by atoms with Crippen LogP contribution in [0.1, 0.15) is 141 Å². The Hall–Kier alpha value is -2.08. The lowest BCUT2D eigenvalue weighted by molar-refractivity contribution is -0.147. The molecule has 0 spiro atoms. The normalized spacial score (nSPS) is 17.6. The van der Waals surface area contributed by atoms with Gasteiger partial charge in [0.25, 0.3) is 0 Å². The molecule has 0 radical (unpaired) electrons. The molecule has 1 aromatic rings. The first-order valence-corrected chi connectivity index (χ1v) is 16.2. The number of hydrogen-bond acceptors (Lipinski definition) is 6. The van der Waals surface area contributed by atoms with E-state index in [0.29, 0.717) is 5.75 Å². The fourth-order valence-electron chi connectivity index (χ4n) is 6.01. The smallest absolute Gasteiger partial charge is 0.311 e. The lowest BCUT2D eigenvalue weighted by Crippen LogP contribution is -2.37. The molecular formula is C36H62O6. The highest BCUT2D eigenvalue weighted by Crippen LogP contribution is 2.45. The number of aliphatic hydroxyl groups is 1. The van der Waals surface area contributed by atoms with Gasteiger partial charge in [-0.1, -0.05) is 80.1 Å². The van der Waals surface area contributed by atoms with E-state index in [1.807, 2.05) is 20.8 Å². The second kappa shape index (κ2) is 18.6. The van der Waals surface area contributed by atoms with Crippen molar-refractivity contribution in [2.75, 3.05) is 13.2 Å². The third-order valence-electron chi connectivity index (χ3n) is 8.94. The minimum absolute atomic E-state index is 0. The molecule has 1 N–H and O–H groups in total. The molecule has 1 aliphatic rings. The van der Waals surface area contributed by atoms with E-state index >= 15 is 0 Å². The minimum Gasteiger partial charge on any atom is -0.487 e. The van der Waals surface area contributed by atoms with Crippen LogP contribution in [-0.2, 0) is 20.7 Å². The van der Waals surface area contributed by atoms with E-state index in [2.05, 4.69) is 34.6 Å². The summed E-state index contributed by atoms with van der Waals surface area (Å²) in [4.78, 5) is 24.2. The van der Waals surface area contributed by atoms with Crippen LogP contribution in [0.15, 0.2) is 0 Å². The number of esters is 2. The van der Waals surface area contributed by atoms with E-state index in [9.17, 15) is 9.59 Å². The Labute approximate surface area is 257 Å². The summed E-state index contributed by atoms with van der Waals surface area (Å²) in [6.07, 6.45) is 13.2. The fourth-order valence-corrected chi connectivity index (χ4v) is 6.01. The molecular weight excluding hydrogens is 528 g/mol. The molecule has 0 aromatic heterocycles. The number of fused-ring (bicyclic) bond motifs is 1. The van der Waals surface area contributed by atoms with Gasteiger partial charge in [0.2, 0.25) is 0 Å². The second-order valence-corrected chi connectivity index (χ2v) is 13.3.